The van der Waals surface area contributed by atoms with Crippen LogP contribution in [0.5, 0.6) is 0 Å². The zero-order chi connectivity index (χ0) is 13.0. The maximum atomic E-state index is 11.1. The molecule has 2 N–H and O–H groups in total. The van der Waals surface area contributed by atoms with Crippen LogP contribution in [-0.4, -0.2) is 50.4 Å². The third-order valence-corrected chi connectivity index (χ3v) is 2.44. The van der Waals surface area contributed by atoms with Gasteiger partial charge in [0, 0.05) is 32.5 Å². The summed E-state index contributed by atoms with van der Waals surface area (Å²) in [5.41, 5.74) is 0.487. The van der Waals surface area contributed by atoms with Crippen LogP contribution >= 0.6 is 0 Å². The Morgan fingerprint density at radius 1 is 1.67 bits per heavy atom. The van der Waals surface area contributed by atoms with Crippen LogP contribution in [0.15, 0.2) is 18.7 Å². The van der Waals surface area contributed by atoms with Crippen molar-refractivity contribution in [2.45, 2.75) is 12.5 Å². The van der Waals surface area contributed by atoms with Gasteiger partial charge in [-0.2, -0.15) is 0 Å². The van der Waals surface area contributed by atoms with E-state index in [4.69, 9.17) is 9.84 Å². The molecule has 0 saturated carbocycles. The van der Waals surface area contributed by atoms with E-state index >= 15 is 0 Å². The van der Waals surface area contributed by atoms with Gasteiger partial charge in [0.2, 0.25) is 5.65 Å². The second kappa shape index (κ2) is 5.41. The fraction of sp³-hybridized carbons (Fsp3) is 0.400. The Morgan fingerprint density at radius 2 is 2.50 bits per heavy atom. The van der Waals surface area contributed by atoms with Crippen LogP contribution in [0.4, 0.5) is 5.82 Å². The van der Waals surface area contributed by atoms with Gasteiger partial charge in [0.1, 0.15) is 12.4 Å². The summed E-state index contributed by atoms with van der Waals surface area (Å²) in [6, 6.07) is -0.777. The van der Waals surface area contributed by atoms with Crippen LogP contribution < -0.4 is 5.32 Å². The first-order valence-electron chi connectivity index (χ1n) is 5.35. The Hall–Kier alpha value is -2.22. The molecule has 0 radical (unpaired) electrons. The number of ether oxygens (including phenoxy) is 1. The molecule has 0 aliphatic rings. The minimum atomic E-state index is -0.963. The summed E-state index contributed by atoms with van der Waals surface area (Å²) >= 11 is 0. The van der Waals surface area contributed by atoms with E-state index in [-0.39, 0.29) is 0 Å². The number of hydrogen-bond acceptors (Lipinski definition) is 6. The predicted octanol–water partition coefficient (Wildman–Crippen LogP) is 0.0259. The van der Waals surface area contributed by atoms with Gasteiger partial charge in [0.05, 0.1) is 0 Å². The lowest BCUT2D eigenvalue weighted by Gasteiger charge is -2.14. The topological polar surface area (TPSA) is 102 Å². The largest absolute Gasteiger partial charge is 0.480 e. The Balaban J connectivity index is 2.20. The second-order valence-corrected chi connectivity index (χ2v) is 3.65. The van der Waals surface area contributed by atoms with Crippen molar-refractivity contribution in [2.75, 3.05) is 19.0 Å². The number of fused-ring (bicyclic) bond motifs is 1. The van der Waals surface area contributed by atoms with Crippen molar-refractivity contribution in [3.8, 4) is 0 Å². The molecule has 96 valence electrons. The van der Waals surface area contributed by atoms with Gasteiger partial charge in [-0.1, -0.05) is 0 Å². The summed E-state index contributed by atoms with van der Waals surface area (Å²) in [5.74, 6) is -0.575. The van der Waals surface area contributed by atoms with Crippen LogP contribution in [-0.2, 0) is 9.53 Å². The number of aromatic nitrogens is 4. The normalized spacial score (nSPS) is 12.5. The van der Waals surface area contributed by atoms with Crippen molar-refractivity contribution in [3.05, 3.63) is 18.7 Å². The third-order valence-electron chi connectivity index (χ3n) is 2.44. The molecule has 8 heteroatoms. The van der Waals surface area contributed by atoms with E-state index in [1.807, 2.05) is 0 Å². The highest BCUT2D eigenvalue weighted by atomic mass is 16.5. The molecule has 0 amide bonds. The minimum Gasteiger partial charge on any atom is -0.480 e. The van der Waals surface area contributed by atoms with E-state index in [0.717, 1.165) is 0 Å². The molecular weight excluding hydrogens is 238 g/mol. The van der Waals surface area contributed by atoms with Crippen LogP contribution in [0.2, 0.25) is 0 Å². The van der Waals surface area contributed by atoms with E-state index in [2.05, 4.69) is 20.5 Å². The molecular formula is C10H13N5O3. The smallest absolute Gasteiger partial charge is 0.326 e. The monoisotopic (exact) mass is 251 g/mol. The fourth-order valence-electron chi connectivity index (χ4n) is 1.52. The molecule has 0 fully saturated rings. The highest BCUT2D eigenvalue weighted by molar-refractivity contribution is 5.78. The van der Waals surface area contributed by atoms with Crippen molar-refractivity contribution in [1.29, 1.82) is 0 Å². The van der Waals surface area contributed by atoms with E-state index < -0.39 is 12.0 Å². The lowest BCUT2D eigenvalue weighted by Crippen LogP contribution is -2.31. The average Bonchev–Trinajstić information content (AvgIpc) is 2.83. The summed E-state index contributed by atoms with van der Waals surface area (Å²) in [6.07, 6.45) is 5.09. The van der Waals surface area contributed by atoms with Gasteiger partial charge >= 0.3 is 5.97 Å². The zero-order valence-electron chi connectivity index (χ0n) is 9.78. The molecule has 2 aromatic rings. The number of rotatable bonds is 6. The quantitative estimate of drug-likeness (QED) is 0.746. The predicted molar refractivity (Wildman–Crippen MR) is 62.3 cm³/mol. The second-order valence-electron chi connectivity index (χ2n) is 3.65. The fourth-order valence-corrected chi connectivity index (χ4v) is 1.52. The maximum absolute atomic E-state index is 11.1. The molecule has 1 unspecified atom stereocenters. The van der Waals surface area contributed by atoms with Crippen molar-refractivity contribution >= 4 is 17.4 Å². The first kappa shape index (κ1) is 12.2. The lowest BCUT2D eigenvalue weighted by atomic mass is 10.2. The summed E-state index contributed by atoms with van der Waals surface area (Å²) in [7, 11) is 1.52. The van der Waals surface area contributed by atoms with Crippen molar-refractivity contribution in [3.63, 3.8) is 0 Å². The van der Waals surface area contributed by atoms with Crippen LogP contribution in [0, 0.1) is 0 Å². The molecule has 1 atom stereocenters. The zero-order valence-corrected chi connectivity index (χ0v) is 9.78. The van der Waals surface area contributed by atoms with Gasteiger partial charge in [-0.05, 0) is 0 Å². The highest BCUT2D eigenvalue weighted by Gasteiger charge is 2.19. The Morgan fingerprint density at radius 3 is 3.22 bits per heavy atom. The van der Waals surface area contributed by atoms with E-state index in [0.29, 0.717) is 24.5 Å². The number of carboxylic acid groups (broad SMARTS) is 1. The summed E-state index contributed by atoms with van der Waals surface area (Å²) in [4.78, 5) is 15.2. The number of methoxy groups -OCH3 is 1. The lowest BCUT2D eigenvalue weighted by molar-refractivity contribution is -0.138. The molecule has 2 aromatic heterocycles. The van der Waals surface area contributed by atoms with E-state index in [1.54, 1.807) is 16.8 Å². The molecule has 0 aromatic carbocycles. The summed E-state index contributed by atoms with van der Waals surface area (Å²) in [5, 5.41) is 19.5. The first-order chi connectivity index (χ1) is 8.72. The van der Waals surface area contributed by atoms with Gasteiger partial charge in [-0.25, -0.2) is 9.78 Å². The Bertz CT molecular complexity index is 541. The first-order valence-corrected chi connectivity index (χ1v) is 5.35. The SMILES string of the molecule is COCCC(Nc1nccn2cnnc12)C(=O)O. The van der Waals surface area contributed by atoms with E-state index in [1.165, 1.54) is 13.4 Å². The number of carboxylic acids is 1. The number of carbonyl (C=O) groups is 1. The summed E-state index contributed by atoms with van der Waals surface area (Å²) in [6.45, 7) is 0.347. The molecule has 8 nitrogen and oxygen atoms in total. The number of aliphatic carboxylic acids is 1. The molecule has 2 heterocycles. The molecule has 0 spiro atoms. The number of hydrogen-bond donors (Lipinski definition) is 2. The molecule has 0 aliphatic carbocycles. The Kier molecular flexibility index (Phi) is 3.68. The van der Waals surface area contributed by atoms with E-state index in [9.17, 15) is 4.79 Å². The van der Waals surface area contributed by atoms with Crippen molar-refractivity contribution < 1.29 is 14.6 Å². The third kappa shape index (κ3) is 2.54. The molecule has 0 saturated heterocycles. The van der Waals surface area contributed by atoms with Gasteiger partial charge < -0.3 is 15.2 Å². The maximum Gasteiger partial charge on any atom is 0.326 e. The van der Waals surface area contributed by atoms with Crippen LogP contribution in [0.3, 0.4) is 0 Å². The molecule has 18 heavy (non-hydrogen) atoms. The molecule has 2 rings (SSSR count). The standard InChI is InChI=1S/C10H13N5O3/c1-18-5-2-7(10(16)17)13-8-9-14-12-6-15(9)4-3-11-8/h3-4,6-7H,2,5H2,1H3,(H,11,13)(H,16,17). The van der Waals surface area contributed by atoms with Crippen molar-refractivity contribution in [2.24, 2.45) is 0 Å². The van der Waals surface area contributed by atoms with Crippen LogP contribution in [0.1, 0.15) is 6.42 Å². The van der Waals surface area contributed by atoms with Gasteiger partial charge in [0.15, 0.2) is 5.82 Å². The van der Waals surface area contributed by atoms with Gasteiger partial charge in [-0.3, -0.25) is 4.40 Å². The van der Waals surface area contributed by atoms with Gasteiger partial charge in [0.25, 0.3) is 0 Å². The Labute approximate surface area is 103 Å². The number of nitrogens with one attached hydrogen (secondary N) is 1. The average molecular weight is 251 g/mol. The van der Waals surface area contributed by atoms with Crippen LogP contribution in [0.25, 0.3) is 5.65 Å². The number of nitrogens with zero attached hydrogens (tertiary/aromatic N) is 4. The number of anilines is 1. The highest BCUT2D eigenvalue weighted by Crippen LogP contribution is 2.12. The molecule has 0 bridgehead atoms. The van der Waals surface area contributed by atoms with Gasteiger partial charge in [-0.15, -0.1) is 10.2 Å². The summed E-state index contributed by atoms with van der Waals surface area (Å²) < 4.78 is 6.53. The minimum absolute atomic E-state index is 0.336. The molecule has 0 aliphatic heterocycles. The van der Waals surface area contributed by atoms with Crippen molar-refractivity contribution in [1.82, 2.24) is 19.6 Å².